The Kier molecular flexibility index (Phi) is 4.27. The summed E-state index contributed by atoms with van der Waals surface area (Å²) in [6.45, 7) is 2.58. The quantitative estimate of drug-likeness (QED) is 0.830. The molecular formula is C12H18N6O. The summed E-state index contributed by atoms with van der Waals surface area (Å²) in [6, 6.07) is 1.74. The van der Waals surface area contributed by atoms with Crippen molar-refractivity contribution in [3.63, 3.8) is 0 Å². The minimum Gasteiger partial charge on any atom is -0.346 e. The van der Waals surface area contributed by atoms with Crippen LogP contribution in [0.3, 0.4) is 0 Å². The molecule has 0 aliphatic rings. The molecule has 2 rings (SSSR count). The van der Waals surface area contributed by atoms with Gasteiger partial charge in [0.25, 0.3) is 0 Å². The van der Waals surface area contributed by atoms with Gasteiger partial charge in [-0.2, -0.15) is 10.2 Å². The predicted molar refractivity (Wildman–Crippen MR) is 69.0 cm³/mol. The molecule has 2 aromatic rings. The number of hydrogen-bond donors (Lipinski definition) is 1. The van der Waals surface area contributed by atoms with Crippen molar-refractivity contribution >= 4 is 5.91 Å². The summed E-state index contributed by atoms with van der Waals surface area (Å²) in [4.78, 5) is 16.1. The lowest BCUT2D eigenvalue weighted by Crippen LogP contribution is -2.30. The molecule has 1 atom stereocenters. The number of amides is 1. The maximum absolute atomic E-state index is 11.9. The number of aryl methyl sites for hydroxylation is 2. The van der Waals surface area contributed by atoms with Crippen molar-refractivity contribution in [3.05, 3.63) is 30.6 Å². The Bertz CT molecular complexity index is 518. The maximum atomic E-state index is 11.9. The molecule has 0 fully saturated rings. The standard InChI is InChI=1S/C12H18N6O/c1-3-10(12-13-9-15-17(12)2)16-11(19)5-8-18-7-4-6-14-18/h4,6-7,9-10H,3,5,8H2,1-2H3,(H,16,19)/t10-/m1/s1. The molecule has 0 bridgehead atoms. The van der Waals surface area contributed by atoms with E-state index in [1.165, 1.54) is 6.33 Å². The number of aromatic nitrogens is 5. The van der Waals surface area contributed by atoms with E-state index in [-0.39, 0.29) is 11.9 Å². The highest BCUT2D eigenvalue weighted by Gasteiger charge is 2.16. The van der Waals surface area contributed by atoms with Gasteiger partial charge in [-0.15, -0.1) is 0 Å². The van der Waals surface area contributed by atoms with Gasteiger partial charge in [0.1, 0.15) is 12.2 Å². The van der Waals surface area contributed by atoms with Crippen molar-refractivity contribution in [1.82, 2.24) is 29.9 Å². The van der Waals surface area contributed by atoms with Crippen molar-refractivity contribution in [2.24, 2.45) is 7.05 Å². The van der Waals surface area contributed by atoms with Crippen LogP contribution in [0.15, 0.2) is 24.8 Å². The maximum Gasteiger partial charge on any atom is 0.222 e. The fourth-order valence-corrected chi connectivity index (χ4v) is 1.89. The van der Waals surface area contributed by atoms with Crippen LogP contribution in [-0.2, 0) is 18.4 Å². The van der Waals surface area contributed by atoms with E-state index in [2.05, 4.69) is 20.5 Å². The van der Waals surface area contributed by atoms with E-state index in [4.69, 9.17) is 0 Å². The zero-order valence-electron chi connectivity index (χ0n) is 11.2. The first kappa shape index (κ1) is 13.3. The van der Waals surface area contributed by atoms with Gasteiger partial charge in [-0.3, -0.25) is 14.2 Å². The van der Waals surface area contributed by atoms with Crippen LogP contribution in [0.25, 0.3) is 0 Å². The van der Waals surface area contributed by atoms with Crippen LogP contribution in [0.4, 0.5) is 0 Å². The Balaban J connectivity index is 1.88. The molecule has 1 N–H and O–H groups in total. The summed E-state index contributed by atoms with van der Waals surface area (Å²) in [5, 5.41) is 11.1. The van der Waals surface area contributed by atoms with Crippen molar-refractivity contribution in [2.45, 2.75) is 32.4 Å². The molecule has 0 spiro atoms. The molecule has 7 heteroatoms. The number of rotatable bonds is 6. The second-order valence-corrected chi connectivity index (χ2v) is 4.29. The first-order valence-electron chi connectivity index (χ1n) is 6.31. The smallest absolute Gasteiger partial charge is 0.222 e. The zero-order valence-corrected chi connectivity index (χ0v) is 11.2. The summed E-state index contributed by atoms with van der Waals surface area (Å²) < 4.78 is 3.42. The Morgan fingerprint density at radius 2 is 2.32 bits per heavy atom. The lowest BCUT2D eigenvalue weighted by molar-refractivity contribution is -0.122. The average molecular weight is 262 g/mol. The highest BCUT2D eigenvalue weighted by molar-refractivity contribution is 5.76. The normalized spacial score (nSPS) is 12.3. The van der Waals surface area contributed by atoms with Gasteiger partial charge in [0.15, 0.2) is 0 Å². The minimum atomic E-state index is -0.0994. The van der Waals surface area contributed by atoms with Gasteiger partial charge < -0.3 is 5.32 Å². The van der Waals surface area contributed by atoms with Crippen LogP contribution in [0.1, 0.15) is 31.6 Å². The van der Waals surface area contributed by atoms with E-state index in [1.807, 2.05) is 26.2 Å². The third-order valence-electron chi connectivity index (χ3n) is 2.93. The Morgan fingerprint density at radius 1 is 1.47 bits per heavy atom. The minimum absolute atomic E-state index is 0.00894. The third-order valence-corrected chi connectivity index (χ3v) is 2.93. The summed E-state index contributed by atoms with van der Waals surface area (Å²) in [6.07, 6.45) is 6.21. The first-order chi connectivity index (χ1) is 9.20. The fraction of sp³-hybridized carbons (Fsp3) is 0.500. The first-order valence-corrected chi connectivity index (χ1v) is 6.31. The van der Waals surface area contributed by atoms with Gasteiger partial charge in [0.05, 0.1) is 6.04 Å². The van der Waals surface area contributed by atoms with Crippen LogP contribution in [0.2, 0.25) is 0 Å². The molecule has 19 heavy (non-hydrogen) atoms. The van der Waals surface area contributed by atoms with E-state index >= 15 is 0 Å². The molecule has 0 aliphatic carbocycles. The van der Waals surface area contributed by atoms with Crippen LogP contribution in [-0.4, -0.2) is 30.5 Å². The highest BCUT2D eigenvalue weighted by atomic mass is 16.1. The van der Waals surface area contributed by atoms with Gasteiger partial charge in [0.2, 0.25) is 5.91 Å². The Labute approximate surface area is 111 Å². The fourth-order valence-electron chi connectivity index (χ4n) is 1.89. The SMILES string of the molecule is CC[C@@H](NC(=O)CCn1cccn1)c1ncnn1C. The van der Waals surface area contributed by atoms with Crippen molar-refractivity contribution in [3.8, 4) is 0 Å². The monoisotopic (exact) mass is 262 g/mol. The van der Waals surface area contributed by atoms with Crippen LogP contribution in [0, 0.1) is 0 Å². The number of nitrogens with one attached hydrogen (secondary N) is 1. The van der Waals surface area contributed by atoms with E-state index < -0.39 is 0 Å². The number of carbonyl (C=O) groups excluding carboxylic acids is 1. The van der Waals surface area contributed by atoms with Gasteiger partial charge in [-0.1, -0.05) is 6.92 Å². The molecule has 2 aromatic heterocycles. The molecule has 0 unspecified atom stereocenters. The topological polar surface area (TPSA) is 77.6 Å². The highest BCUT2D eigenvalue weighted by Crippen LogP contribution is 2.12. The molecule has 7 nitrogen and oxygen atoms in total. The molecule has 2 heterocycles. The van der Waals surface area contributed by atoms with Crippen molar-refractivity contribution in [1.29, 1.82) is 0 Å². The predicted octanol–water partition coefficient (Wildman–Crippen LogP) is 0.669. The second-order valence-electron chi connectivity index (χ2n) is 4.29. The third kappa shape index (κ3) is 3.40. The summed E-state index contributed by atoms with van der Waals surface area (Å²) in [5.74, 6) is 0.764. The van der Waals surface area contributed by atoms with E-state index in [9.17, 15) is 4.79 Å². The molecular weight excluding hydrogens is 244 g/mol. The summed E-state index contributed by atoms with van der Waals surface area (Å²) in [7, 11) is 1.82. The number of hydrogen-bond acceptors (Lipinski definition) is 4. The molecule has 0 saturated heterocycles. The zero-order chi connectivity index (χ0) is 13.7. The van der Waals surface area contributed by atoms with Gasteiger partial charge in [-0.25, -0.2) is 4.98 Å². The Hall–Kier alpha value is -2.18. The Morgan fingerprint density at radius 3 is 2.89 bits per heavy atom. The average Bonchev–Trinajstić information content (AvgIpc) is 3.05. The van der Waals surface area contributed by atoms with Crippen molar-refractivity contribution < 1.29 is 4.79 Å². The van der Waals surface area contributed by atoms with Crippen molar-refractivity contribution in [2.75, 3.05) is 0 Å². The molecule has 102 valence electrons. The molecule has 0 aliphatic heterocycles. The molecule has 0 saturated carbocycles. The van der Waals surface area contributed by atoms with E-state index in [0.717, 1.165) is 12.2 Å². The van der Waals surface area contributed by atoms with Gasteiger partial charge >= 0.3 is 0 Å². The molecule has 0 aromatic carbocycles. The number of nitrogens with zero attached hydrogens (tertiary/aromatic N) is 5. The van der Waals surface area contributed by atoms with E-state index in [0.29, 0.717) is 13.0 Å². The van der Waals surface area contributed by atoms with Crippen LogP contribution >= 0.6 is 0 Å². The van der Waals surface area contributed by atoms with Crippen LogP contribution < -0.4 is 5.32 Å². The van der Waals surface area contributed by atoms with Gasteiger partial charge in [-0.05, 0) is 12.5 Å². The summed E-state index contributed by atoms with van der Waals surface area (Å²) in [5.41, 5.74) is 0. The van der Waals surface area contributed by atoms with E-state index in [1.54, 1.807) is 15.6 Å². The van der Waals surface area contributed by atoms with Gasteiger partial charge in [0, 0.05) is 32.4 Å². The number of carbonyl (C=O) groups is 1. The molecule has 1 amide bonds. The lowest BCUT2D eigenvalue weighted by atomic mass is 10.2. The second kappa shape index (κ2) is 6.12. The summed E-state index contributed by atoms with van der Waals surface area (Å²) >= 11 is 0. The lowest BCUT2D eigenvalue weighted by Gasteiger charge is -2.16. The molecule has 0 radical (unpaired) electrons. The largest absolute Gasteiger partial charge is 0.346 e. The van der Waals surface area contributed by atoms with Crippen LogP contribution in [0.5, 0.6) is 0 Å².